The summed E-state index contributed by atoms with van der Waals surface area (Å²) in [5.41, 5.74) is -1.24. The Labute approximate surface area is 150 Å². The molecule has 1 atom stereocenters. The highest BCUT2D eigenvalue weighted by Gasteiger charge is 2.41. The number of nitrogens with zero attached hydrogens (tertiary/aromatic N) is 3. The van der Waals surface area contributed by atoms with Crippen molar-refractivity contribution >= 4 is 5.91 Å². The zero-order chi connectivity index (χ0) is 17.5. The fourth-order valence-corrected chi connectivity index (χ4v) is 4.18. The molecule has 0 unspecified atom stereocenters. The van der Waals surface area contributed by atoms with Crippen LogP contribution >= 0.6 is 0 Å². The van der Waals surface area contributed by atoms with E-state index in [-0.39, 0.29) is 5.91 Å². The highest BCUT2D eigenvalue weighted by atomic mass is 16.3. The lowest BCUT2D eigenvalue weighted by atomic mass is 9.86. The molecular formula is C19H32N4O2. The van der Waals surface area contributed by atoms with E-state index in [0.29, 0.717) is 19.5 Å². The molecule has 0 radical (unpaired) electrons. The predicted octanol–water partition coefficient (Wildman–Crippen LogP) is 1.80. The number of carbonyl (C=O) groups is 1. The van der Waals surface area contributed by atoms with Gasteiger partial charge in [-0.2, -0.15) is 5.10 Å². The molecule has 1 aliphatic carbocycles. The van der Waals surface area contributed by atoms with E-state index in [4.69, 9.17) is 0 Å². The van der Waals surface area contributed by atoms with Crippen LogP contribution in [-0.2, 0) is 11.3 Å². The lowest BCUT2D eigenvalue weighted by Crippen LogP contribution is -2.58. The maximum Gasteiger partial charge on any atom is 0.255 e. The lowest BCUT2D eigenvalue weighted by molar-refractivity contribution is -0.156. The number of piperidine rings is 1. The number of hydrogen-bond donors (Lipinski definition) is 2. The van der Waals surface area contributed by atoms with Crippen LogP contribution in [0.4, 0.5) is 0 Å². The Bertz CT molecular complexity index is 528. The lowest BCUT2D eigenvalue weighted by Gasteiger charge is -2.39. The molecule has 0 aromatic carbocycles. The first kappa shape index (κ1) is 18.4. The third-order valence-corrected chi connectivity index (χ3v) is 5.73. The van der Waals surface area contributed by atoms with Crippen LogP contribution in [0.2, 0.25) is 0 Å². The Morgan fingerprint density at radius 1 is 1.24 bits per heavy atom. The van der Waals surface area contributed by atoms with Crippen LogP contribution in [0.15, 0.2) is 18.5 Å². The molecule has 2 heterocycles. The molecule has 1 saturated heterocycles. The molecule has 1 aromatic rings. The van der Waals surface area contributed by atoms with Crippen molar-refractivity contribution in [3.63, 3.8) is 0 Å². The summed E-state index contributed by atoms with van der Waals surface area (Å²) in [6, 6.07) is 1.89. The van der Waals surface area contributed by atoms with E-state index >= 15 is 0 Å². The molecule has 3 rings (SSSR count). The fraction of sp³-hybridized carbons (Fsp3) is 0.789. The van der Waals surface area contributed by atoms with Gasteiger partial charge in [0.2, 0.25) is 0 Å². The monoisotopic (exact) mass is 348 g/mol. The van der Waals surface area contributed by atoms with Gasteiger partial charge in [-0.3, -0.25) is 9.48 Å². The summed E-state index contributed by atoms with van der Waals surface area (Å²) >= 11 is 0. The molecule has 25 heavy (non-hydrogen) atoms. The van der Waals surface area contributed by atoms with Gasteiger partial charge in [0, 0.05) is 38.6 Å². The molecule has 1 saturated carbocycles. The van der Waals surface area contributed by atoms with Crippen molar-refractivity contribution in [1.82, 2.24) is 20.0 Å². The average Bonchev–Trinajstić information content (AvgIpc) is 3.15. The van der Waals surface area contributed by atoms with Crippen LogP contribution in [0.25, 0.3) is 0 Å². The second-order valence-corrected chi connectivity index (χ2v) is 7.67. The first-order valence-corrected chi connectivity index (χ1v) is 9.87. The van der Waals surface area contributed by atoms with Crippen LogP contribution in [-0.4, -0.2) is 57.5 Å². The molecule has 6 heteroatoms. The summed E-state index contributed by atoms with van der Waals surface area (Å²) in [4.78, 5) is 14.7. The number of carbonyl (C=O) groups excluding carboxylic acids is 1. The predicted molar refractivity (Wildman–Crippen MR) is 97.1 cm³/mol. The van der Waals surface area contributed by atoms with Gasteiger partial charge in [0.15, 0.2) is 5.60 Å². The van der Waals surface area contributed by atoms with Gasteiger partial charge < -0.3 is 15.3 Å². The number of nitrogens with one attached hydrogen (secondary N) is 1. The van der Waals surface area contributed by atoms with Crippen molar-refractivity contribution in [2.45, 2.75) is 63.5 Å². The van der Waals surface area contributed by atoms with Crippen molar-refractivity contribution in [1.29, 1.82) is 0 Å². The Morgan fingerprint density at radius 2 is 2.08 bits per heavy atom. The molecule has 0 spiro atoms. The van der Waals surface area contributed by atoms with Gasteiger partial charge in [0.25, 0.3) is 5.91 Å². The summed E-state index contributed by atoms with van der Waals surface area (Å²) in [6.45, 7) is 3.36. The summed E-state index contributed by atoms with van der Waals surface area (Å²) < 4.78 is 1.84. The standard InChI is InChI=1S/C19H32N4O2/c24-18-19(25,16-20-11-15-23-13-5-10-21-23)9-4-12-22(18)14-8-17-6-2-1-3-7-17/h5,10,13,17,20,25H,1-4,6-9,11-12,14-16H2/t19-/m0/s1. The van der Waals surface area contributed by atoms with E-state index in [0.717, 1.165) is 38.4 Å². The zero-order valence-corrected chi connectivity index (χ0v) is 15.2. The molecule has 0 bridgehead atoms. The quantitative estimate of drug-likeness (QED) is 0.703. The van der Waals surface area contributed by atoms with Crippen molar-refractivity contribution < 1.29 is 9.90 Å². The number of aliphatic hydroxyl groups is 1. The van der Waals surface area contributed by atoms with E-state index in [2.05, 4.69) is 10.4 Å². The highest BCUT2D eigenvalue weighted by Crippen LogP contribution is 2.28. The van der Waals surface area contributed by atoms with Crippen molar-refractivity contribution in [3.05, 3.63) is 18.5 Å². The second-order valence-electron chi connectivity index (χ2n) is 7.67. The Balaban J connectivity index is 1.42. The molecule has 1 aliphatic heterocycles. The van der Waals surface area contributed by atoms with Gasteiger partial charge in [0.05, 0.1) is 6.54 Å². The van der Waals surface area contributed by atoms with Gasteiger partial charge in [-0.05, 0) is 31.2 Å². The van der Waals surface area contributed by atoms with Gasteiger partial charge in [-0.15, -0.1) is 0 Å². The fourth-order valence-electron chi connectivity index (χ4n) is 4.18. The summed E-state index contributed by atoms with van der Waals surface area (Å²) in [5.74, 6) is 0.685. The molecule has 2 fully saturated rings. The first-order valence-electron chi connectivity index (χ1n) is 9.87. The Kier molecular flexibility index (Phi) is 6.48. The van der Waals surface area contributed by atoms with Crippen LogP contribution in [0.1, 0.15) is 51.4 Å². The first-order chi connectivity index (χ1) is 12.2. The molecule has 6 nitrogen and oxygen atoms in total. The van der Waals surface area contributed by atoms with Gasteiger partial charge in [-0.1, -0.05) is 32.1 Å². The maximum absolute atomic E-state index is 12.8. The topological polar surface area (TPSA) is 70.4 Å². The third kappa shape index (κ3) is 5.05. The van der Waals surface area contributed by atoms with Crippen LogP contribution in [0.3, 0.4) is 0 Å². The van der Waals surface area contributed by atoms with Crippen LogP contribution in [0.5, 0.6) is 0 Å². The summed E-state index contributed by atoms with van der Waals surface area (Å²) in [5, 5.41) is 18.2. The Hall–Kier alpha value is -1.40. The van der Waals surface area contributed by atoms with E-state index in [1.54, 1.807) is 6.20 Å². The highest BCUT2D eigenvalue weighted by molar-refractivity contribution is 5.86. The number of aromatic nitrogens is 2. The third-order valence-electron chi connectivity index (χ3n) is 5.73. The van der Waals surface area contributed by atoms with Crippen LogP contribution < -0.4 is 5.32 Å². The van der Waals surface area contributed by atoms with Crippen LogP contribution in [0, 0.1) is 5.92 Å². The van der Waals surface area contributed by atoms with Gasteiger partial charge >= 0.3 is 0 Å². The molecule has 1 aromatic heterocycles. The number of hydrogen-bond acceptors (Lipinski definition) is 4. The summed E-state index contributed by atoms with van der Waals surface area (Å²) in [6.07, 6.45) is 12.8. The number of rotatable bonds is 8. The van der Waals surface area contributed by atoms with Crippen molar-refractivity contribution in [2.75, 3.05) is 26.2 Å². The average molecular weight is 348 g/mol. The maximum atomic E-state index is 12.8. The number of likely N-dealkylation sites (tertiary alicyclic amines) is 1. The van der Waals surface area contributed by atoms with Gasteiger partial charge in [0.1, 0.15) is 0 Å². The minimum Gasteiger partial charge on any atom is -0.379 e. The molecular weight excluding hydrogens is 316 g/mol. The SMILES string of the molecule is O=C1N(CCC2CCCCC2)CCC[C@]1(O)CNCCn1cccn1. The van der Waals surface area contributed by atoms with E-state index in [9.17, 15) is 9.90 Å². The molecule has 2 N–H and O–H groups in total. The molecule has 140 valence electrons. The molecule has 2 aliphatic rings. The van der Waals surface area contributed by atoms with Crippen molar-refractivity contribution in [2.24, 2.45) is 5.92 Å². The van der Waals surface area contributed by atoms with E-state index < -0.39 is 5.60 Å². The van der Waals surface area contributed by atoms with Gasteiger partial charge in [-0.25, -0.2) is 0 Å². The van der Waals surface area contributed by atoms with E-state index in [1.807, 2.05) is 21.8 Å². The van der Waals surface area contributed by atoms with E-state index in [1.165, 1.54) is 32.1 Å². The Morgan fingerprint density at radius 3 is 2.84 bits per heavy atom. The summed E-state index contributed by atoms with van der Waals surface area (Å²) in [7, 11) is 0. The number of amides is 1. The van der Waals surface area contributed by atoms with Crippen molar-refractivity contribution in [3.8, 4) is 0 Å². The smallest absolute Gasteiger partial charge is 0.255 e. The second kappa shape index (κ2) is 8.81. The zero-order valence-electron chi connectivity index (χ0n) is 15.2. The normalized spacial score (nSPS) is 25.5. The molecule has 1 amide bonds. The minimum atomic E-state index is -1.24. The minimum absolute atomic E-state index is 0.0823. The largest absolute Gasteiger partial charge is 0.379 e.